The number of nitrogens with zero attached hydrogens (tertiary/aromatic N) is 1. The van der Waals surface area contributed by atoms with E-state index < -0.39 is 0 Å². The molecule has 1 heterocycles. The quantitative estimate of drug-likeness (QED) is 0.828. The molecule has 1 aromatic heterocycles. The number of hydrogen-bond acceptors (Lipinski definition) is 3. The summed E-state index contributed by atoms with van der Waals surface area (Å²) in [5.74, 6) is 0.606. The van der Waals surface area contributed by atoms with Crippen molar-refractivity contribution in [2.24, 2.45) is 0 Å². The lowest BCUT2D eigenvalue weighted by molar-refractivity contribution is 0.0939. The van der Waals surface area contributed by atoms with Gasteiger partial charge in [-0.2, -0.15) is 0 Å². The first kappa shape index (κ1) is 16.5. The van der Waals surface area contributed by atoms with Crippen molar-refractivity contribution >= 4 is 33.3 Å². The molecule has 0 saturated carbocycles. The van der Waals surface area contributed by atoms with E-state index in [1.807, 2.05) is 39.0 Å². The van der Waals surface area contributed by atoms with Gasteiger partial charge in [-0.05, 0) is 66.0 Å². The molecule has 2 N–H and O–H groups in total. The molecule has 1 atom stereocenters. The summed E-state index contributed by atoms with van der Waals surface area (Å²) in [4.78, 5) is 16.3. The van der Waals surface area contributed by atoms with Crippen LogP contribution in [0.15, 0.2) is 41.0 Å². The Morgan fingerprint density at radius 1 is 1.32 bits per heavy atom. The predicted molar refractivity (Wildman–Crippen MR) is 93.6 cm³/mol. The van der Waals surface area contributed by atoms with Gasteiger partial charge in [-0.25, -0.2) is 4.98 Å². The van der Waals surface area contributed by atoms with Gasteiger partial charge in [0.2, 0.25) is 0 Å². The maximum atomic E-state index is 12.0. The van der Waals surface area contributed by atoms with E-state index >= 15 is 0 Å². The Kier molecular flexibility index (Phi) is 5.55. The minimum atomic E-state index is -0.0927. The van der Waals surface area contributed by atoms with Crippen LogP contribution in [0.1, 0.15) is 36.2 Å². The number of rotatable bonds is 5. The van der Waals surface area contributed by atoms with E-state index in [4.69, 9.17) is 0 Å². The molecule has 116 valence electrons. The van der Waals surface area contributed by atoms with Crippen LogP contribution in [-0.4, -0.2) is 16.9 Å². The first-order chi connectivity index (χ1) is 10.5. The molecule has 4 nitrogen and oxygen atoms in total. The highest BCUT2D eigenvalue weighted by Crippen LogP contribution is 2.26. The van der Waals surface area contributed by atoms with Gasteiger partial charge in [0.25, 0.3) is 5.91 Å². The van der Waals surface area contributed by atoms with Gasteiger partial charge in [0, 0.05) is 16.7 Å². The Hall–Kier alpha value is -1.88. The van der Waals surface area contributed by atoms with Crippen LogP contribution >= 0.6 is 15.9 Å². The average Bonchev–Trinajstić information content (AvgIpc) is 2.50. The van der Waals surface area contributed by atoms with E-state index in [1.54, 1.807) is 18.3 Å². The SMILES string of the molecule is CCC(C)NC(=O)c1ccc(Nc2ccc(C)cc2Br)nc1. The van der Waals surface area contributed by atoms with Crippen molar-refractivity contribution in [3.05, 3.63) is 52.1 Å². The summed E-state index contributed by atoms with van der Waals surface area (Å²) in [6, 6.07) is 9.79. The summed E-state index contributed by atoms with van der Waals surface area (Å²) < 4.78 is 0.980. The molecule has 1 amide bonds. The van der Waals surface area contributed by atoms with Crippen LogP contribution in [0.25, 0.3) is 0 Å². The maximum absolute atomic E-state index is 12.0. The first-order valence-corrected chi connectivity index (χ1v) is 8.09. The Bertz CT molecular complexity index is 655. The third-order valence-corrected chi connectivity index (χ3v) is 4.06. The number of benzene rings is 1. The monoisotopic (exact) mass is 361 g/mol. The fraction of sp³-hybridized carbons (Fsp3) is 0.294. The van der Waals surface area contributed by atoms with Gasteiger partial charge < -0.3 is 10.6 Å². The standard InChI is InChI=1S/C17H20BrN3O/c1-4-12(3)20-17(22)13-6-8-16(19-10-13)21-15-7-5-11(2)9-14(15)18/h5-10,12H,4H2,1-3H3,(H,19,21)(H,20,22). The Balaban J connectivity index is 2.07. The van der Waals surface area contributed by atoms with Crippen molar-refractivity contribution in [2.75, 3.05) is 5.32 Å². The second-order valence-corrected chi connectivity index (χ2v) is 6.18. The lowest BCUT2D eigenvalue weighted by Gasteiger charge is -2.12. The van der Waals surface area contributed by atoms with Crippen LogP contribution in [-0.2, 0) is 0 Å². The highest BCUT2D eigenvalue weighted by atomic mass is 79.9. The number of anilines is 2. The number of aromatic nitrogens is 1. The van der Waals surface area contributed by atoms with Crippen LogP contribution in [0.4, 0.5) is 11.5 Å². The highest BCUT2D eigenvalue weighted by molar-refractivity contribution is 9.10. The number of hydrogen-bond donors (Lipinski definition) is 2. The summed E-state index contributed by atoms with van der Waals surface area (Å²) in [7, 11) is 0. The highest BCUT2D eigenvalue weighted by Gasteiger charge is 2.09. The van der Waals surface area contributed by atoms with Crippen molar-refractivity contribution in [3.63, 3.8) is 0 Å². The fourth-order valence-corrected chi connectivity index (χ4v) is 2.46. The minimum absolute atomic E-state index is 0.0927. The van der Waals surface area contributed by atoms with Crippen LogP contribution in [0, 0.1) is 6.92 Å². The summed E-state index contributed by atoms with van der Waals surface area (Å²) >= 11 is 3.52. The molecule has 0 saturated heterocycles. The zero-order valence-electron chi connectivity index (χ0n) is 13.0. The maximum Gasteiger partial charge on any atom is 0.253 e. The number of nitrogens with one attached hydrogen (secondary N) is 2. The van der Waals surface area contributed by atoms with Crippen LogP contribution in [0.5, 0.6) is 0 Å². The predicted octanol–water partition coefficient (Wildman–Crippen LogP) is 4.42. The third-order valence-electron chi connectivity index (χ3n) is 3.40. The van der Waals surface area contributed by atoms with Crippen molar-refractivity contribution in [2.45, 2.75) is 33.2 Å². The number of halogens is 1. The van der Waals surface area contributed by atoms with Crippen LogP contribution < -0.4 is 10.6 Å². The van der Waals surface area contributed by atoms with Crippen LogP contribution in [0.3, 0.4) is 0 Å². The summed E-state index contributed by atoms with van der Waals surface area (Å²) in [5, 5.41) is 6.15. The van der Waals surface area contributed by atoms with Crippen LogP contribution in [0.2, 0.25) is 0 Å². The Labute approximate surface area is 139 Å². The van der Waals surface area contributed by atoms with Gasteiger partial charge in [0.15, 0.2) is 0 Å². The van der Waals surface area contributed by atoms with E-state index in [2.05, 4.69) is 31.5 Å². The molecular formula is C17H20BrN3O. The second kappa shape index (κ2) is 7.40. The van der Waals surface area contributed by atoms with Gasteiger partial charge in [-0.15, -0.1) is 0 Å². The average molecular weight is 362 g/mol. The van der Waals surface area contributed by atoms with Gasteiger partial charge in [0.1, 0.15) is 5.82 Å². The Morgan fingerprint density at radius 2 is 2.09 bits per heavy atom. The minimum Gasteiger partial charge on any atom is -0.350 e. The Morgan fingerprint density at radius 3 is 2.68 bits per heavy atom. The lowest BCUT2D eigenvalue weighted by atomic mass is 10.2. The van der Waals surface area contributed by atoms with E-state index in [1.165, 1.54) is 5.56 Å². The largest absolute Gasteiger partial charge is 0.350 e. The number of carbonyl (C=O) groups excluding carboxylic acids is 1. The molecule has 2 aromatic rings. The molecule has 0 spiro atoms. The molecule has 0 bridgehead atoms. The third kappa shape index (κ3) is 4.31. The molecule has 0 aliphatic heterocycles. The number of aryl methyl sites for hydroxylation is 1. The first-order valence-electron chi connectivity index (χ1n) is 7.29. The zero-order chi connectivity index (χ0) is 16.1. The van der Waals surface area contributed by atoms with Gasteiger partial charge in [-0.3, -0.25) is 4.79 Å². The van der Waals surface area contributed by atoms with Crippen molar-refractivity contribution in [1.82, 2.24) is 10.3 Å². The molecule has 1 aromatic carbocycles. The lowest BCUT2D eigenvalue weighted by Crippen LogP contribution is -2.31. The summed E-state index contributed by atoms with van der Waals surface area (Å²) in [6.07, 6.45) is 2.49. The molecule has 5 heteroatoms. The molecule has 1 unspecified atom stereocenters. The number of pyridine rings is 1. The van der Waals surface area contributed by atoms with E-state index in [-0.39, 0.29) is 11.9 Å². The summed E-state index contributed by atoms with van der Waals surface area (Å²) in [5.41, 5.74) is 2.69. The smallest absolute Gasteiger partial charge is 0.253 e. The van der Waals surface area contributed by atoms with E-state index in [0.29, 0.717) is 11.4 Å². The molecule has 22 heavy (non-hydrogen) atoms. The van der Waals surface area contributed by atoms with Crippen molar-refractivity contribution in [3.8, 4) is 0 Å². The van der Waals surface area contributed by atoms with E-state index in [0.717, 1.165) is 16.6 Å². The van der Waals surface area contributed by atoms with Gasteiger partial charge >= 0.3 is 0 Å². The normalized spacial score (nSPS) is 11.8. The molecule has 0 radical (unpaired) electrons. The number of amides is 1. The molecule has 0 fully saturated rings. The van der Waals surface area contributed by atoms with E-state index in [9.17, 15) is 4.79 Å². The fourth-order valence-electron chi connectivity index (χ4n) is 1.87. The van der Waals surface area contributed by atoms with Gasteiger partial charge in [0.05, 0.1) is 11.3 Å². The molecular weight excluding hydrogens is 342 g/mol. The van der Waals surface area contributed by atoms with Gasteiger partial charge in [-0.1, -0.05) is 13.0 Å². The molecule has 2 rings (SSSR count). The topological polar surface area (TPSA) is 54.0 Å². The van der Waals surface area contributed by atoms with Crippen molar-refractivity contribution in [1.29, 1.82) is 0 Å². The molecule has 0 aliphatic carbocycles. The number of carbonyl (C=O) groups is 1. The summed E-state index contributed by atoms with van der Waals surface area (Å²) in [6.45, 7) is 6.06. The second-order valence-electron chi connectivity index (χ2n) is 5.32. The molecule has 0 aliphatic rings. The zero-order valence-corrected chi connectivity index (χ0v) is 14.6. The van der Waals surface area contributed by atoms with Crippen molar-refractivity contribution < 1.29 is 4.79 Å².